The fraction of sp³-hybridized carbons (Fsp3) is 0.538. The first kappa shape index (κ1) is 12.1. The van der Waals surface area contributed by atoms with Gasteiger partial charge in [0, 0.05) is 11.4 Å². The lowest BCUT2D eigenvalue weighted by Gasteiger charge is -2.26. The third kappa shape index (κ3) is 3.05. The van der Waals surface area contributed by atoms with Crippen LogP contribution in [0.2, 0.25) is 0 Å². The second-order valence-corrected chi connectivity index (χ2v) is 5.46. The van der Waals surface area contributed by atoms with Crippen molar-refractivity contribution in [1.82, 2.24) is 0 Å². The summed E-state index contributed by atoms with van der Waals surface area (Å²) in [5.41, 5.74) is 0.787. The molecule has 2 rings (SSSR count). The van der Waals surface area contributed by atoms with Crippen LogP contribution in [0.15, 0.2) is 24.3 Å². The van der Waals surface area contributed by atoms with Gasteiger partial charge < -0.3 is 4.74 Å². The summed E-state index contributed by atoms with van der Waals surface area (Å²) in [5.74, 6) is 0.400. The van der Waals surface area contributed by atoms with Crippen LogP contribution in [0.1, 0.15) is 18.4 Å². The number of alkyl halides is 1. The van der Waals surface area contributed by atoms with E-state index in [0.717, 1.165) is 31.6 Å². The fourth-order valence-electron chi connectivity index (χ4n) is 2.09. The molecular weight excluding hydrogens is 271 g/mol. The zero-order valence-electron chi connectivity index (χ0n) is 9.16. The Morgan fingerprint density at radius 2 is 2.25 bits per heavy atom. The highest BCUT2D eigenvalue weighted by molar-refractivity contribution is 9.09. The van der Waals surface area contributed by atoms with Crippen molar-refractivity contribution >= 4 is 15.9 Å². The molecule has 1 fully saturated rings. The van der Waals surface area contributed by atoms with E-state index in [1.807, 2.05) is 12.1 Å². The quantitative estimate of drug-likeness (QED) is 0.772. The second kappa shape index (κ2) is 5.78. The van der Waals surface area contributed by atoms with Crippen molar-refractivity contribution in [1.29, 1.82) is 0 Å². The number of benzene rings is 1. The van der Waals surface area contributed by atoms with Crippen LogP contribution in [0.3, 0.4) is 0 Å². The van der Waals surface area contributed by atoms with Crippen LogP contribution < -0.4 is 0 Å². The van der Waals surface area contributed by atoms with Crippen LogP contribution in [0.4, 0.5) is 4.39 Å². The van der Waals surface area contributed by atoms with Crippen molar-refractivity contribution in [2.24, 2.45) is 5.92 Å². The molecule has 1 aliphatic heterocycles. The van der Waals surface area contributed by atoms with Gasteiger partial charge >= 0.3 is 0 Å². The molecule has 1 heterocycles. The molecule has 2 unspecified atom stereocenters. The van der Waals surface area contributed by atoms with Crippen LogP contribution in [0.5, 0.6) is 0 Å². The minimum atomic E-state index is -0.108. The Kier molecular flexibility index (Phi) is 4.36. The van der Waals surface area contributed by atoms with Crippen molar-refractivity contribution in [2.45, 2.75) is 24.1 Å². The SMILES string of the molecule is Fc1ccccc1CC(Br)C1CCCOC1. The average Bonchev–Trinajstić information content (AvgIpc) is 2.33. The van der Waals surface area contributed by atoms with Crippen LogP contribution in [0.25, 0.3) is 0 Å². The topological polar surface area (TPSA) is 9.23 Å². The Bertz CT molecular complexity index is 336. The van der Waals surface area contributed by atoms with Gasteiger partial charge in [-0.05, 0) is 36.8 Å². The smallest absolute Gasteiger partial charge is 0.126 e. The second-order valence-electron chi connectivity index (χ2n) is 4.29. The Balaban J connectivity index is 1.96. The average molecular weight is 287 g/mol. The number of rotatable bonds is 3. The summed E-state index contributed by atoms with van der Waals surface area (Å²) in [4.78, 5) is 0.310. The first-order valence-electron chi connectivity index (χ1n) is 5.72. The van der Waals surface area contributed by atoms with Gasteiger partial charge in [0.1, 0.15) is 5.82 Å². The molecule has 0 bridgehead atoms. The third-order valence-corrected chi connectivity index (χ3v) is 4.15. The van der Waals surface area contributed by atoms with E-state index in [1.54, 1.807) is 6.07 Å². The van der Waals surface area contributed by atoms with Gasteiger partial charge in [-0.15, -0.1) is 0 Å². The molecule has 88 valence electrons. The maximum absolute atomic E-state index is 13.5. The van der Waals surface area contributed by atoms with Gasteiger partial charge in [0.15, 0.2) is 0 Å². The highest BCUT2D eigenvalue weighted by Gasteiger charge is 2.22. The van der Waals surface area contributed by atoms with E-state index in [2.05, 4.69) is 15.9 Å². The first-order chi connectivity index (χ1) is 7.77. The standard InChI is InChI=1S/C13H16BrFO/c14-12(11-5-3-7-16-9-11)8-10-4-1-2-6-13(10)15/h1-2,4,6,11-12H,3,5,7-9H2. The summed E-state index contributed by atoms with van der Waals surface area (Å²) < 4.78 is 18.9. The molecule has 1 aromatic rings. The highest BCUT2D eigenvalue weighted by atomic mass is 79.9. The van der Waals surface area contributed by atoms with E-state index < -0.39 is 0 Å². The molecule has 1 aliphatic rings. The van der Waals surface area contributed by atoms with Gasteiger partial charge in [-0.25, -0.2) is 4.39 Å². The lowest BCUT2D eigenvalue weighted by atomic mass is 9.94. The summed E-state index contributed by atoms with van der Waals surface area (Å²) >= 11 is 3.66. The molecule has 3 heteroatoms. The van der Waals surface area contributed by atoms with E-state index in [0.29, 0.717) is 10.7 Å². The molecule has 0 spiro atoms. The van der Waals surface area contributed by atoms with Crippen molar-refractivity contribution < 1.29 is 9.13 Å². The molecule has 0 N–H and O–H groups in total. The predicted molar refractivity (Wildman–Crippen MR) is 66.4 cm³/mol. The van der Waals surface area contributed by atoms with Crippen molar-refractivity contribution in [3.05, 3.63) is 35.6 Å². The maximum Gasteiger partial charge on any atom is 0.126 e. The molecule has 0 radical (unpaired) electrons. The van der Waals surface area contributed by atoms with Gasteiger partial charge in [0.05, 0.1) is 6.61 Å². The summed E-state index contributed by atoms with van der Waals surface area (Å²) in [6.07, 6.45) is 3.02. The molecule has 0 saturated carbocycles. The molecular formula is C13H16BrFO. The summed E-state index contributed by atoms with van der Waals surface area (Å²) in [6.45, 7) is 1.67. The Morgan fingerprint density at radius 1 is 1.44 bits per heavy atom. The van der Waals surface area contributed by atoms with E-state index in [-0.39, 0.29) is 5.82 Å². The van der Waals surface area contributed by atoms with E-state index in [4.69, 9.17) is 4.74 Å². The zero-order chi connectivity index (χ0) is 11.4. The van der Waals surface area contributed by atoms with Gasteiger partial charge in [0.25, 0.3) is 0 Å². The van der Waals surface area contributed by atoms with Gasteiger partial charge in [0.2, 0.25) is 0 Å². The van der Waals surface area contributed by atoms with E-state index >= 15 is 0 Å². The zero-order valence-corrected chi connectivity index (χ0v) is 10.7. The summed E-state index contributed by atoms with van der Waals surface area (Å²) in [6, 6.07) is 6.99. The molecule has 0 amide bonds. The van der Waals surface area contributed by atoms with Gasteiger partial charge in [-0.3, -0.25) is 0 Å². The Morgan fingerprint density at radius 3 is 2.94 bits per heavy atom. The van der Waals surface area contributed by atoms with Crippen LogP contribution in [-0.4, -0.2) is 18.0 Å². The Hall–Kier alpha value is -0.410. The van der Waals surface area contributed by atoms with Crippen molar-refractivity contribution in [3.8, 4) is 0 Å². The predicted octanol–water partition coefficient (Wildman–Crippen LogP) is 3.56. The van der Waals surface area contributed by atoms with E-state index in [9.17, 15) is 4.39 Å². The lowest BCUT2D eigenvalue weighted by molar-refractivity contribution is 0.0546. The van der Waals surface area contributed by atoms with Crippen LogP contribution >= 0.6 is 15.9 Å². The number of hydrogen-bond acceptors (Lipinski definition) is 1. The van der Waals surface area contributed by atoms with Gasteiger partial charge in [-0.1, -0.05) is 34.1 Å². The van der Waals surface area contributed by atoms with Crippen LogP contribution in [0, 0.1) is 11.7 Å². The maximum atomic E-state index is 13.5. The van der Waals surface area contributed by atoms with Crippen molar-refractivity contribution in [3.63, 3.8) is 0 Å². The normalized spacial score (nSPS) is 23.0. The lowest BCUT2D eigenvalue weighted by Crippen LogP contribution is -2.26. The minimum Gasteiger partial charge on any atom is -0.381 e. The molecule has 1 aromatic carbocycles. The number of halogens is 2. The van der Waals surface area contributed by atoms with E-state index in [1.165, 1.54) is 12.5 Å². The molecule has 1 nitrogen and oxygen atoms in total. The fourth-order valence-corrected chi connectivity index (χ4v) is 2.86. The van der Waals surface area contributed by atoms with Gasteiger partial charge in [-0.2, -0.15) is 0 Å². The highest BCUT2D eigenvalue weighted by Crippen LogP contribution is 2.26. The monoisotopic (exact) mass is 286 g/mol. The number of ether oxygens (including phenoxy) is 1. The number of hydrogen-bond donors (Lipinski definition) is 0. The van der Waals surface area contributed by atoms with Crippen LogP contribution in [-0.2, 0) is 11.2 Å². The molecule has 16 heavy (non-hydrogen) atoms. The Labute approximate surface area is 104 Å². The third-order valence-electron chi connectivity index (χ3n) is 3.08. The molecule has 0 aliphatic carbocycles. The molecule has 1 saturated heterocycles. The molecule has 0 aromatic heterocycles. The summed E-state index contributed by atoms with van der Waals surface area (Å²) in [7, 11) is 0. The molecule has 2 atom stereocenters. The first-order valence-corrected chi connectivity index (χ1v) is 6.64. The minimum absolute atomic E-state index is 0.108. The van der Waals surface area contributed by atoms with Crippen molar-refractivity contribution in [2.75, 3.05) is 13.2 Å². The summed E-state index contributed by atoms with van der Waals surface area (Å²) in [5, 5.41) is 0. The largest absolute Gasteiger partial charge is 0.381 e.